The summed E-state index contributed by atoms with van der Waals surface area (Å²) in [6.45, 7) is 5.00. The molecule has 4 aromatic rings. The Morgan fingerprint density at radius 1 is 1.18 bits per heavy atom. The van der Waals surface area contributed by atoms with E-state index in [9.17, 15) is 4.79 Å². The molecule has 1 fully saturated rings. The first-order chi connectivity index (χ1) is 16.2. The number of fused-ring (bicyclic) bond motifs is 2. The molecule has 0 aliphatic carbocycles. The second kappa shape index (κ2) is 9.82. The van der Waals surface area contributed by atoms with E-state index in [-0.39, 0.29) is 12.5 Å². The molecule has 3 heterocycles. The Morgan fingerprint density at radius 3 is 2.88 bits per heavy atom. The van der Waals surface area contributed by atoms with Gasteiger partial charge >= 0.3 is 0 Å². The maximum atomic E-state index is 13.5. The first-order valence-electron chi connectivity index (χ1n) is 11.0. The monoisotopic (exact) mass is 466 g/mol. The summed E-state index contributed by atoms with van der Waals surface area (Å²) in [6.07, 6.45) is 0.850. The molecule has 0 unspecified atom stereocenters. The van der Waals surface area contributed by atoms with Crippen molar-refractivity contribution in [2.24, 2.45) is 0 Å². The minimum absolute atomic E-state index is 0.0568. The molecule has 1 aliphatic heterocycles. The molecule has 0 saturated carbocycles. The molecule has 1 saturated heterocycles. The molecule has 1 aliphatic rings. The summed E-state index contributed by atoms with van der Waals surface area (Å²) in [7, 11) is 1.64. The zero-order chi connectivity index (χ0) is 22.6. The Balaban J connectivity index is 1.38. The lowest BCUT2D eigenvalue weighted by Gasteiger charge is -2.27. The number of aromatic nitrogens is 4. The van der Waals surface area contributed by atoms with Crippen LogP contribution in [-0.4, -0.2) is 77.3 Å². The summed E-state index contributed by atoms with van der Waals surface area (Å²) >= 11 is 1.51. The quantitative estimate of drug-likeness (QED) is 0.395. The fourth-order valence-electron chi connectivity index (χ4n) is 3.99. The van der Waals surface area contributed by atoms with Gasteiger partial charge in [-0.2, -0.15) is 0 Å². The lowest BCUT2D eigenvalue weighted by atomic mass is 10.3. The highest BCUT2D eigenvalue weighted by Gasteiger charge is 2.22. The summed E-state index contributed by atoms with van der Waals surface area (Å²) in [5.74, 6) is 0.692. The van der Waals surface area contributed by atoms with Gasteiger partial charge in [0.1, 0.15) is 17.8 Å². The number of benzene rings is 2. The van der Waals surface area contributed by atoms with E-state index in [2.05, 4.69) is 15.2 Å². The van der Waals surface area contributed by atoms with Gasteiger partial charge in [0.15, 0.2) is 5.13 Å². The standard InChI is InChI=1S/C23H26N6O3S/c1-31-17-7-8-21-19(15-17)24-23(33-21)28(10-4-9-27-11-13-32-14-12-27)22(30)16-29-20-6-3-2-5-18(20)25-26-29/h2-3,5-8,15H,4,9-14,16H2,1H3. The van der Waals surface area contributed by atoms with Crippen LogP contribution >= 0.6 is 11.3 Å². The van der Waals surface area contributed by atoms with Gasteiger partial charge < -0.3 is 9.47 Å². The largest absolute Gasteiger partial charge is 0.497 e. The van der Waals surface area contributed by atoms with Gasteiger partial charge in [-0.25, -0.2) is 9.67 Å². The molecule has 2 aromatic heterocycles. The van der Waals surface area contributed by atoms with Gasteiger partial charge in [0, 0.05) is 32.2 Å². The number of nitrogens with zero attached hydrogens (tertiary/aromatic N) is 6. The number of anilines is 1. The van der Waals surface area contributed by atoms with Crippen LogP contribution < -0.4 is 9.64 Å². The van der Waals surface area contributed by atoms with Crippen molar-refractivity contribution in [3.05, 3.63) is 42.5 Å². The summed E-state index contributed by atoms with van der Waals surface area (Å²) in [6, 6.07) is 13.5. The zero-order valence-electron chi connectivity index (χ0n) is 18.5. The van der Waals surface area contributed by atoms with Crippen molar-refractivity contribution < 1.29 is 14.3 Å². The van der Waals surface area contributed by atoms with E-state index < -0.39 is 0 Å². The fourth-order valence-corrected chi connectivity index (χ4v) is 4.98. The summed E-state index contributed by atoms with van der Waals surface area (Å²) in [5, 5.41) is 9.06. The van der Waals surface area contributed by atoms with Crippen molar-refractivity contribution in [1.82, 2.24) is 24.9 Å². The molecular formula is C23H26N6O3S. The number of methoxy groups -OCH3 is 1. The maximum absolute atomic E-state index is 13.5. The van der Waals surface area contributed by atoms with Crippen molar-refractivity contribution >= 4 is 43.6 Å². The molecule has 0 bridgehead atoms. The summed E-state index contributed by atoms with van der Waals surface area (Å²) in [5.41, 5.74) is 2.44. The van der Waals surface area contributed by atoms with Crippen LogP contribution in [0.25, 0.3) is 21.3 Å². The van der Waals surface area contributed by atoms with Crippen molar-refractivity contribution in [1.29, 1.82) is 0 Å². The highest BCUT2D eigenvalue weighted by molar-refractivity contribution is 7.22. The topological polar surface area (TPSA) is 85.6 Å². The van der Waals surface area contributed by atoms with Gasteiger partial charge in [-0.3, -0.25) is 14.6 Å². The van der Waals surface area contributed by atoms with E-state index in [1.54, 1.807) is 16.7 Å². The van der Waals surface area contributed by atoms with Gasteiger partial charge in [-0.1, -0.05) is 28.7 Å². The zero-order valence-corrected chi connectivity index (χ0v) is 19.3. The molecule has 172 valence electrons. The molecule has 33 heavy (non-hydrogen) atoms. The normalized spacial score (nSPS) is 14.7. The average Bonchev–Trinajstić information content (AvgIpc) is 3.46. The SMILES string of the molecule is COc1ccc2sc(N(CCCN3CCOCC3)C(=O)Cn3nnc4ccccc43)nc2c1. The van der Waals surface area contributed by atoms with Crippen LogP contribution in [0.1, 0.15) is 6.42 Å². The second-order valence-corrected chi connectivity index (χ2v) is 8.93. The predicted molar refractivity (Wildman–Crippen MR) is 128 cm³/mol. The number of morpholine rings is 1. The van der Waals surface area contributed by atoms with Gasteiger partial charge in [-0.05, 0) is 30.7 Å². The minimum Gasteiger partial charge on any atom is -0.497 e. The van der Waals surface area contributed by atoms with Crippen LogP contribution in [0.5, 0.6) is 5.75 Å². The summed E-state index contributed by atoms with van der Waals surface area (Å²) < 4.78 is 13.4. The van der Waals surface area contributed by atoms with Gasteiger partial charge in [0.2, 0.25) is 0 Å². The first kappa shape index (κ1) is 21.7. The van der Waals surface area contributed by atoms with Crippen LogP contribution in [0.3, 0.4) is 0 Å². The van der Waals surface area contributed by atoms with E-state index in [0.717, 1.165) is 66.3 Å². The number of hydrogen-bond acceptors (Lipinski definition) is 8. The highest BCUT2D eigenvalue weighted by atomic mass is 32.1. The third-order valence-corrected chi connectivity index (χ3v) is 6.84. The molecule has 0 radical (unpaired) electrons. The van der Waals surface area contributed by atoms with E-state index in [0.29, 0.717) is 11.7 Å². The van der Waals surface area contributed by atoms with Crippen LogP contribution in [0, 0.1) is 0 Å². The molecule has 1 amide bonds. The Bertz CT molecular complexity index is 1250. The van der Waals surface area contributed by atoms with Gasteiger partial charge in [0.05, 0.1) is 36.1 Å². The number of hydrogen-bond donors (Lipinski definition) is 0. The Labute approximate surface area is 195 Å². The molecule has 9 nitrogen and oxygen atoms in total. The molecular weight excluding hydrogens is 440 g/mol. The van der Waals surface area contributed by atoms with Gasteiger partial charge in [0.25, 0.3) is 5.91 Å². The van der Waals surface area contributed by atoms with Crippen LogP contribution in [0.15, 0.2) is 42.5 Å². The first-order valence-corrected chi connectivity index (χ1v) is 11.9. The summed E-state index contributed by atoms with van der Waals surface area (Å²) in [4.78, 5) is 22.4. The van der Waals surface area contributed by atoms with Crippen molar-refractivity contribution in [3.63, 3.8) is 0 Å². The Morgan fingerprint density at radius 2 is 2.03 bits per heavy atom. The number of carbonyl (C=O) groups is 1. The van der Waals surface area contributed by atoms with Crippen molar-refractivity contribution in [3.8, 4) is 5.75 Å². The average molecular weight is 467 g/mol. The smallest absolute Gasteiger partial charge is 0.250 e. The van der Waals surface area contributed by atoms with Crippen LogP contribution in [-0.2, 0) is 16.1 Å². The Kier molecular flexibility index (Phi) is 6.47. The lowest BCUT2D eigenvalue weighted by Crippen LogP contribution is -2.40. The number of para-hydroxylation sites is 1. The number of carbonyl (C=O) groups excluding carboxylic acids is 1. The van der Waals surface area contributed by atoms with Crippen molar-refractivity contribution in [2.75, 3.05) is 51.4 Å². The van der Waals surface area contributed by atoms with Crippen molar-refractivity contribution in [2.45, 2.75) is 13.0 Å². The molecule has 5 rings (SSSR count). The molecule has 0 atom stereocenters. The fraction of sp³-hybridized carbons (Fsp3) is 0.391. The van der Waals surface area contributed by atoms with E-state index >= 15 is 0 Å². The predicted octanol–water partition coefficient (Wildman–Crippen LogP) is 2.81. The van der Waals surface area contributed by atoms with E-state index in [1.807, 2.05) is 42.5 Å². The Hall–Kier alpha value is -3.08. The molecule has 0 N–H and O–H groups in total. The lowest BCUT2D eigenvalue weighted by molar-refractivity contribution is -0.119. The molecule has 10 heteroatoms. The molecule has 2 aromatic carbocycles. The number of ether oxygens (including phenoxy) is 2. The van der Waals surface area contributed by atoms with Gasteiger partial charge in [-0.15, -0.1) is 5.10 Å². The van der Waals surface area contributed by atoms with E-state index in [1.165, 1.54) is 11.3 Å². The third kappa shape index (κ3) is 4.82. The minimum atomic E-state index is -0.0568. The second-order valence-electron chi connectivity index (χ2n) is 7.92. The third-order valence-electron chi connectivity index (χ3n) is 5.78. The van der Waals surface area contributed by atoms with Crippen LogP contribution in [0.4, 0.5) is 5.13 Å². The number of thiazole rings is 1. The molecule has 0 spiro atoms. The van der Waals surface area contributed by atoms with E-state index in [4.69, 9.17) is 14.5 Å². The number of rotatable bonds is 8. The highest BCUT2D eigenvalue weighted by Crippen LogP contribution is 2.31. The van der Waals surface area contributed by atoms with Crippen LogP contribution in [0.2, 0.25) is 0 Å². The maximum Gasteiger partial charge on any atom is 0.250 e. The number of amides is 1.